The van der Waals surface area contributed by atoms with Crippen molar-refractivity contribution in [1.29, 1.82) is 0 Å². The molecule has 1 aromatic carbocycles. The summed E-state index contributed by atoms with van der Waals surface area (Å²) in [5, 5.41) is 9.95. The van der Waals surface area contributed by atoms with Crippen molar-refractivity contribution in [2.45, 2.75) is 25.5 Å². The van der Waals surface area contributed by atoms with E-state index in [1.54, 1.807) is 0 Å². The number of aliphatic hydroxyl groups excluding tert-OH is 1. The monoisotopic (exact) mass is 246 g/mol. The topological polar surface area (TPSA) is 66.6 Å². The first-order valence-corrected chi connectivity index (χ1v) is 6.36. The molecule has 0 aliphatic carbocycles. The standard InChI is InChI=1S/C13H19BN2O2/c1-9-10-3-2-4-12(13(18)7-15)11(10)5-6-16(9)14-8-17/h2-4,8-9,13-14,18H,5-7,15H2,1H3/t9-,13?/m0/s1. The summed E-state index contributed by atoms with van der Waals surface area (Å²) in [6.07, 6.45) is 1.21. The van der Waals surface area contributed by atoms with Gasteiger partial charge in [-0.05, 0) is 36.6 Å². The maximum Gasteiger partial charge on any atom is 0.281 e. The van der Waals surface area contributed by atoms with Crippen molar-refractivity contribution in [3.05, 3.63) is 34.9 Å². The van der Waals surface area contributed by atoms with Crippen LogP contribution in [0.5, 0.6) is 0 Å². The number of benzene rings is 1. The van der Waals surface area contributed by atoms with Crippen LogP contribution in [0.25, 0.3) is 0 Å². The third-order valence-corrected chi connectivity index (χ3v) is 3.79. The maximum absolute atomic E-state index is 10.7. The van der Waals surface area contributed by atoms with Crippen LogP contribution >= 0.6 is 0 Å². The van der Waals surface area contributed by atoms with Crippen LogP contribution in [0.1, 0.15) is 35.8 Å². The minimum atomic E-state index is -0.593. The lowest BCUT2D eigenvalue weighted by Crippen LogP contribution is -2.38. The number of rotatable bonds is 4. The molecule has 0 saturated carbocycles. The van der Waals surface area contributed by atoms with E-state index >= 15 is 0 Å². The molecule has 1 aliphatic heterocycles. The predicted octanol–water partition coefficient (Wildman–Crippen LogP) is 0.139. The third kappa shape index (κ3) is 2.34. The van der Waals surface area contributed by atoms with Gasteiger partial charge in [-0.2, -0.15) is 0 Å². The first kappa shape index (κ1) is 13.3. The lowest BCUT2D eigenvalue weighted by molar-refractivity contribution is 0.184. The number of nitrogens with zero attached hydrogens (tertiary/aromatic N) is 1. The fourth-order valence-corrected chi connectivity index (χ4v) is 2.73. The van der Waals surface area contributed by atoms with Crippen LogP contribution in [0.15, 0.2) is 18.2 Å². The fraction of sp³-hybridized carbons (Fsp3) is 0.462. The molecule has 0 saturated heterocycles. The van der Waals surface area contributed by atoms with Gasteiger partial charge in [-0.15, -0.1) is 0 Å². The first-order valence-electron chi connectivity index (χ1n) is 6.36. The molecule has 0 radical (unpaired) electrons. The van der Waals surface area contributed by atoms with E-state index in [-0.39, 0.29) is 12.6 Å². The van der Waals surface area contributed by atoms with E-state index in [0.717, 1.165) is 24.7 Å². The van der Waals surface area contributed by atoms with E-state index in [1.165, 1.54) is 11.1 Å². The molecular formula is C13H19BN2O2. The summed E-state index contributed by atoms with van der Waals surface area (Å²) >= 11 is 0. The van der Waals surface area contributed by atoms with Gasteiger partial charge in [0.05, 0.1) is 12.3 Å². The number of nitrogens with two attached hydrogens (primary N) is 1. The smallest absolute Gasteiger partial charge is 0.281 e. The molecule has 5 heteroatoms. The SMILES string of the molecule is C[C@H]1c2cccc(C(O)CN)c2CCN1BC=O. The summed E-state index contributed by atoms with van der Waals surface area (Å²) in [6, 6.07) is 6.18. The molecule has 0 fully saturated rings. The zero-order chi connectivity index (χ0) is 13.1. The molecule has 0 aromatic heterocycles. The van der Waals surface area contributed by atoms with E-state index in [4.69, 9.17) is 5.73 Å². The summed E-state index contributed by atoms with van der Waals surface area (Å²) in [7, 11) is 0.463. The molecule has 1 heterocycles. The second kappa shape index (κ2) is 5.65. The highest BCUT2D eigenvalue weighted by Crippen LogP contribution is 2.32. The summed E-state index contributed by atoms with van der Waals surface area (Å²) in [6.45, 7) is 3.18. The number of hydrogen-bond acceptors (Lipinski definition) is 4. The van der Waals surface area contributed by atoms with Crippen molar-refractivity contribution >= 4 is 13.6 Å². The van der Waals surface area contributed by atoms with Gasteiger partial charge >= 0.3 is 0 Å². The van der Waals surface area contributed by atoms with Gasteiger partial charge in [0.25, 0.3) is 7.41 Å². The lowest BCUT2D eigenvalue weighted by Gasteiger charge is -2.35. The van der Waals surface area contributed by atoms with Crippen LogP contribution in [0.2, 0.25) is 0 Å². The molecule has 2 atom stereocenters. The average molecular weight is 246 g/mol. The Kier molecular flexibility index (Phi) is 4.17. The molecule has 1 unspecified atom stereocenters. The molecular weight excluding hydrogens is 227 g/mol. The molecule has 18 heavy (non-hydrogen) atoms. The Balaban J connectivity index is 2.35. The van der Waals surface area contributed by atoms with Crippen LogP contribution in [0.4, 0.5) is 0 Å². The summed E-state index contributed by atoms with van der Waals surface area (Å²) in [4.78, 5) is 12.8. The Labute approximate surface area is 108 Å². The quantitative estimate of drug-likeness (QED) is 0.585. The molecule has 2 rings (SSSR count). The van der Waals surface area contributed by atoms with Gasteiger partial charge in [-0.1, -0.05) is 18.2 Å². The van der Waals surface area contributed by atoms with Gasteiger partial charge in [0.2, 0.25) is 0 Å². The normalized spacial score (nSPS) is 21.2. The Morgan fingerprint density at radius 3 is 3.11 bits per heavy atom. The molecule has 3 N–H and O–H groups in total. The largest absolute Gasteiger partial charge is 0.387 e. The maximum atomic E-state index is 10.7. The highest BCUT2D eigenvalue weighted by Gasteiger charge is 2.26. The molecule has 96 valence electrons. The van der Waals surface area contributed by atoms with Crippen molar-refractivity contribution in [2.24, 2.45) is 5.73 Å². The highest BCUT2D eigenvalue weighted by atomic mass is 16.3. The summed E-state index contributed by atoms with van der Waals surface area (Å²) in [5.74, 6) is 0. The average Bonchev–Trinajstić information content (AvgIpc) is 2.41. The van der Waals surface area contributed by atoms with Gasteiger partial charge in [-0.25, -0.2) is 0 Å². The van der Waals surface area contributed by atoms with E-state index in [2.05, 4.69) is 17.8 Å². The van der Waals surface area contributed by atoms with Crippen molar-refractivity contribution in [3.8, 4) is 0 Å². The van der Waals surface area contributed by atoms with E-state index in [0.29, 0.717) is 7.41 Å². The zero-order valence-corrected chi connectivity index (χ0v) is 10.7. The van der Waals surface area contributed by atoms with E-state index < -0.39 is 6.10 Å². The van der Waals surface area contributed by atoms with E-state index in [9.17, 15) is 9.90 Å². The second-order valence-electron chi connectivity index (χ2n) is 4.75. The number of hydrogen-bond donors (Lipinski definition) is 2. The Hall–Kier alpha value is -1.17. The lowest BCUT2D eigenvalue weighted by atomic mass is 9.81. The minimum absolute atomic E-state index is 0.212. The third-order valence-electron chi connectivity index (χ3n) is 3.79. The molecule has 0 bridgehead atoms. The molecule has 4 nitrogen and oxygen atoms in total. The second-order valence-corrected chi connectivity index (χ2v) is 4.75. The minimum Gasteiger partial charge on any atom is -0.387 e. The van der Waals surface area contributed by atoms with Crippen LogP contribution in [0.3, 0.4) is 0 Å². The summed E-state index contributed by atoms with van der Waals surface area (Å²) in [5.41, 5.74) is 8.88. The van der Waals surface area contributed by atoms with Gasteiger partial charge in [-0.3, -0.25) is 0 Å². The predicted molar refractivity (Wildman–Crippen MR) is 73.2 cm³/mol. The Morgan fingerprint density at radius 2 is 2.44 bits per heavy atom. The Morgan fingerprint density at radius 1 is 1.67 bits per heavy atom. The number of aliphatic hydroxyl groups is 1. The fourth-order valence-electron chi connectivity index (χ4n) is 2.73. The highest BCUT2D eigenvalue weighted by molar-refractivity contribution is 6.64. The molecule has 1 aromatic rings. The van der Waals surface area contributed by atoms with E-state index in [1.807, 2.05) is 12.1 Å². The van der Waals surface area contributed by atoms with Crippen LogP contribution in [0, 0.1) is 0 Å². The van der Waals surface area contributed by atoms with Gasteiger partial charge < -0.3 is 20.4 Å². The number of fused-ring (bicyclic) bond motifs is 1. The van der Waals surface area contributed by atoms with Crippen LogP contribution < -0.4 is 5.73 Å². The first-order chi connectivity index (χ1) is 8.69. The van der Waals surface area contributed by atoms with Crippen molar-refractivity contribution < 1.29 is 9.90 Å². The summed E-state index contributed by atoms with van der Waals surface area (Å²) < 4.78 is 0. The van der Waals surface area contributed by atoms with Crippen molar-refractivity contribution in [3.63, 3.8) is 0 Å². The number of carbonyl (C=O) groups is 1. The molecule has 0 amide bonds. The van der Waals surface area contributed by atoms with Gasteiger partial charge in [0, 0.05) is 12.6 Å². The molecule has 1 aliphatic rings. The van der Waals surface area contributed by atoms with Gasteiger partial charge in [0.1, 0.15) is 0 Å². The zero-order valence-electron chi connectivity index (χ0n) is 10.7. The van der Waals surface area contributed by atoms with Gasteiger partial charge in [0.15, 0.2) is 0 Å². The van der Waals surface area contributed by atoms with Crippen molar-refractivity contribution in [1.82, 2.24) is 4.81 Å². The Bertz CT molecular complexity index is 439. The van der Waals surface area contributed by atoms with Crippen LogP contribution in [-0.4, -0.2) is 36.6 Å². The number of carbonyl (C=O) groups excluding carboxylic acids is 1. The van der Waals surface area contributed by atoms with Crippen LogP contribution in [-0.2, 0) is 11.2 Å². The van der Waals surface area contributed by atoms with Crippen molar-refractivity contribution in [2.75, 3.05) is 13.1 Å². The molecule has 0 spiro atoms.